The summed E-state index contributed by atoms with van der Waals surface area (Å²) in [5.74, 6) is -1.77. The number of benzene rings is 2. The number of carbonyl (C=O) groups is 2. The summed E-state index contributed by atoms with van der Waals surface area (Å²) in [6.07, 6.45) is 1.30. The van der Waals surface area contributed by atoms with Gasteiger partial charge in [-0.25, -0.2) is 14.6 Å². The minimum absolute atomic E-state index is 0.110. The van der Waals surface area contributed by atoms with E-state index in [4.69, 9.17) is 10.00 Å². The highest BCUT2D eigenvalue weighted by molar-refractivity contribution is 5.95. The molecular weight excluding hydrogens is 341 g/mol. The van der Waals surface area contributed by atoms with Gasteiger partial charge >= 0.3 is 5.97 Å². The van der Waals surface area contributed by atoms with Crippen LogP contribution >= 0.6 is 0 Å². The highest BCUT2D eigenvalue weighted by Crippen LogP contribution is 2.16. The Morgan fingerprint density at radius 1 is 1.31 bits per heavy atom. The topological polar surface area (TPSA) is 101 Å². The Morgan fingerprint density at radius 2 is 2.08 bits per heavy atom. The van der Waals surface area contributed by atoms with E-state index in [1.54, 1.807) is 30.3 Å². The van der Waals surface area contributed by atoms with Crippen LogP contribution in [-0.4, -0.2) is 31.8 Å². The van der Waals surface area contributed by atoms with E-state index in [0.717, 1.165) is 6.07 Å². The first-order valence-corrected chi connectivity index (χ1v) is 7.37. The van der Waals surface area contributed by atoms with Gasteiger partial charge in [-0.3, -0.25) is 4.79 Å². The minimum Gasteiger partial charge on any atom is -0.481 e. The number of para-hydroxylation sites is 1. The largest absolute Gasteiger partial charge is 0.481 e. The molecule has 2 rings (SSSR count). The molecule has 0 aromatic heterocycles. The molecule has 132 valence electrons. The van der Waals surface area contributed by atoms with Crippen molar-refractivity contribution in [2.45, 2.75) is 0 Å². The molecule has 2 aromatic carbocycles. The van der Waals surface area contributed by atoms with E-state index in [-0.39, 0.29) is 17.7 Å². The maximum absolute atomic E-state index is 13.8. The number of halogens is 1. The van der Waals surface area contributed by atoms with E-state index >= 15 is 0 Å². The molecule has 0 aliphatic heterocycles. The second kappa shape index (κ2) is 8.94. The molecule has 26 heavy (non-hydrogen) atoms. The van der Waals surface area contributed by atoms with Gasteiger partial charge in [-0.05, 0) is 30.3 Å². The smallest absolute Gasteiger partial charge is 0.343 e. The molecule has 0 bridgehead atoms. The molecule has 0 atom stereocenters. The molecule has 7 nitrogen and oxygen atoms in total. The van der Waals surface area contributed by atoms with Gasteiger partial charge in [0.05, 0.1) is 30.5 Å². The summed E-state index contributed by atoms with van der Waals surface area (Å²) >= 11 is 0. The molecule has 0 saturated heterocycles. The first-order chi connectivity index (χ1) is 12.5. The average Bonchev–Trinajstić information content (AvgIpc) is 2.66. The van der Waals surface area contributed by atoms with Gasteiger partial charge in [-0.2, -0.15) is 10.4 Å². The number of methoxy groups -OCH3 is 1. The van der Waals surface area contributed by atoms with Crippen LogP contribution in [0, 0.1) is 17.1 Å². The van der Waals surface area contributed by atoms with Crippen LogP contribution < -0.4 is 10.2 Å². The lowest BCUT2D eigenvalue weighted by atomic mass is 10.1. The fraction of sp³-hybridized carbons (Fsp3) is 0.111. The highest BCUT2D eigenvalue weighted by Gasteiger charge is 2.11. The molecule has 8 heteroatoms. The number of rotatable bonds is 6. The lowest BCUT2D eigenvalue weighted by Crippen LogP contribution is -2.19. The van der Waals surface area contributed by atoms with Crippen LogP contribution in [0.5, 0.6) is 5.75 Å². The normalized spacial score (nSPS) is 10.2. The molecular formula is C18H14FN3O4. The van der Waals surface area contributed by atoms with E-state index in [1.807, 2.05) is 0 Å². The average molecular weight is 355 g/mol. The van der Waals surface area contributed by atoms with Gasteiger partial charge in [-0.1, -0.05) is 12.1 Å². The SMILES string of the molecule is COC(=O)COc1ccccc1/C=N\NC(=O)c1ccc(C#N)cc1F. The number of hydrogen-bond donors (Lipinski definition) is 1. The van der Waals surface area contributed by atoms with Gasteiger partial charge in [0, 0.05) is 5.56 Å². The maximum Gasteiger partial charge on any atom is 0.343 e. The number of hydrogen-bond acceptors (Lipinski definition) is 6. The van der Waals surface area contributed by atoms with Crippen molar-refractivity contribution in [1.29, 1.82) is 5.26 Å². The Morgan fingerprint density at radius 3 is 2.77 bits per heavy atom. The van der Waals surface area contributed by atoms with Gasteiger partial charge < -0.3 is 9.47 Å². The number of nitrogens with one attached hydrogen (secondary N) is 1. The standard InChI is InChI=1S/C18H14FN3O4/c1-25-17(23)11-26-16-5-3-2-4-13(16)10-21-22-18(24)14-7-6-12(9-20)8-15(14)19/h2-8,10H,11H2,1H3,(H,22,24)/b21-10-. The van der Waals surface area contributed by atoms with Gasteiger partial charge in [0.25, 0.3) is 5.91 Å². The van der Waals surface area contributed by atoms with E-state index in [9.17, 15) is 14.0 Å². The number of esters is 1. The summed E-state index contributed by atoms with van der Waals surface area (Å²) in [7, 11) is 1.25. The van der Waals surface area contributed by atoms with Gasteiger partial charge in [0.2, 0.25) is 0 Å². The molecule has 0 aliphatic rings. The number of nitriles is 1. The van der Waals surface area contributed by atoms with Gasteiger partial charge in [0.15, 0.2) is 6.61 Å². The first kappa shape index (κ1) is 18.6. The van der Waals surface area contributed by atoms with Crippen LogP contribution in [0.15, 0.2) is 47.6 Å². The van der Waals surface area contributed by atoms with E-state index < -0.39 is 17.7 Å². The molecule has 1 N–H and O–H groups in total. The fourth-order valence-corrected chi connectivity index (χ4v) is 1.90. The molecule has 1 amide bonds. The van der Waals surface area contributed by atoms with Crippen LogP contribution in [0.3, 0.4) is 0 Å². The zero-order chi connectivity index (χ0) is 18.9. The van der Waals surface area contributed by atoms with Crippen molar-refractivity contribution in [3.63, 3.8) is 0 Å². The molecule has 0 aliphatic carbocycles. The summed E-state index contributed by atoms with van der Waals surface area (Å²) in [5, 5.41) is 12.5. The van der Waals surface area contributed by atoms with Crippen molar-refractivity contribution in [3.8, 4) is 11.8 Å². The third-order valence-corrected chi connectivity index (χ3v) is 3.20. The predicted octanol–water partition coefficient (Wildman–Crippen LogP) is 2.01. The second-order valence-corrected chi connectivity index (χ2v) is 4.91. The van der Waals surface area contributed by atoms with Crippen molar-refractivity contribution in [3.05, 3.63) is 65.0 Å². The Balaban J connectivity index is 2.05. The molecule has 0 saturated carbocycles. The number of ether oxygens (including phenoxy) is 2. The lowest BCUT2D eigenvalue weighted by Gasteiger charge is -2.07. The number of nitrogens with zero attached hydrogens (tertiary/aromatic N) is 2. The fourth-order valence-electron chi connectivity index (χ4n) is 1.90. The third kappa shape index (κ3) is 4.88. The van der Waals surface area contributed by atoms with E-state index in [0.29, 0.717) is 11.3 Å². The van der Waals surface area contributed by atoms with E-state index in [2.05, 4.69) is 15.3 Å². The Labute approximate surface area is 148 Å². The van der Waals surface area contributed by atoms with Crippen molar-refractivity contribution >= 4 is 18.1 Å². The van der Waals surface area contributed by atoms with E-state index in [1.165, 1.54) is 25.5 Å². The number of carbonyl (C=O) groups excluding carboxylic acids is 2. The summed E-state index contributed by atoms with van der Waals surface area (Å²) in [5.41, 5.74) is 2.56. The highest BCUT2D eigenvalue weighted by atomic mass is 19.1. The molecule has 0 radical (unpaired) electrons. The lowest BCUT2D eigenvalue weighted by molar-refractivity contribution is -0.142. The zero-order valence-corrected chi connectivity index (χ0v) is 13.7. The Bertz CT molecular complexity index is 890. The van der Waals surface area contributed by atoms with Crippen LogP contribution in [0.25, 0.3) is 0 Å². The Hall–Kier alpha value is -3.73. The van der Waals surface area contributed by atoms with Crippen LogP contribution in [-0.2, 0) is 9.53 Å². The van der Waals surface area contributed by atoms with Crippen molar-refractivity contribution < 1.29 is 23.5 Å². The summed E-state index contributed by atoms with van der Waals surface area (Å²) in [4.78, 5) is 23.1. The summed E-state index contributed by atoms with van der Waals surface area (Å²) < 4.78 is 23.6. The number of amides is 1. The first-order valence-electron chi connectivity index (χ1n) is 7.37. The monoisotopic (exact) mass is 355 g/mol. The zero-order valence-electron chi connectivity index (χ0n) is 13.7. The van der Waals surface area contributed by atoms with Crippen LogP contribution in [0.4, 0.5) is 4.39 Å². The molecule has 0 heterocycles. The Kier molecular flexibility index (Phi) is 6.40. The molecule has 2 aromatic rings. The summed E-state index contributed by atoms with van der Waals surface area (Å²) in [6.45, 7) is -0.274. The predicted molar refractivity (Wildman–Crippen MR) is 90.1 cm³/mol. The maximum atomic E-state index is 13.8. The van der Waals surface area contributed by atoms with Crippen molar-refractivity contribution in [1.82, 2.24) is 5.43 Å². The number of hydrazone groups is 1. The molecule has 0 fully saturated rings. The quantitative estimate of drug-likeness (QED) is 0.485. The second-order valence-electron chi connectivity index (χ2n) is 4.91. The minimum atomic E-state index is -0.821. The molecule has 0 spiro atoms. The van der Waals surface area contributed by atoms with Gasteiger partial charge in [-0.15, -0.1) is 0 Å². The van der Waals surface area contributed by atoms with Crippen molar-refractivity contribution in [2.24, 2.45) is 5.10 Å². The third-order valence-electron chi connectivity index (χ3n) is 3.20. The van der Waals surface area contributed by atoms with Crippen LogP contribution in [0.1, 0.15) is 21.5 Å². The van der Waals surface area contributed by atoms with Crippen LogP contribution in [0.2, 0.25) is 0 Å². The molecule has 0 unspecified atom stereocenters. The van der Waals surface area contributed by atoms with Crippen molar-refractivity contribution in [2.75, 3.05) is 13.7 Å². The van der Waals surface area contributed by atoms with Gasteiger partial charge in [0.1, 0.15) is 11.6 Å². The summed E-state index contributed by atoms with van der Waals surface area (Å²) in [6, 6.07) is 12.0.